The molecule has 5 nitrogen and oxygen atoms in total. The van der Waals surface area contributed by atoms with E-state index < -0.39 is 11.7 Å². The molecule has 1 saturated carbocycles. The second-order valence-electron chi connectivity index (χ2n) is 6.22. The van der Waals surface area contributed by atoms with Gasteiger partial charge in [-0.2, -0.15) is 13.2 Å². The number of pyridine rings is 1. The number of alkyl halides is 3. The summed E-state index contributed by atoms with van der Waals surface area (Å²) >= 11 is 1.08. The summed E-state index contributed by atoms with van der Waals surface area (Å²) in [6.45, 7) is 0.665. The van der Waals surface area contributed by atoms with Crippen LogP contribution >= 0.6 is 11.8 Å². The molecular formula is C16H19F3N4OS. The van der Waals surface area contributed by atoms with Crippen molar-refractivity contribution in [2.45, 2.75) is 43.4 Å². The molecule has 2 heterocycles. The van der Waals surface area contributed by atoms with Gasteiger partial charge in [-0.25, -0.2) is 0 Å². The fraction of sp³-hybridized carbons (Fsp3) is 0.562. The zero-order valence-corrected chi connectivity index (χ0v) is 14.4. The van der Waals surface area contributed by atoms with E-state index in [1.165, 1.54) is 29.7 Å². The van der Waals surface area contributed by atoms with E-state index in [1.54, 1.807) is 0 Å². The first-order valence-corrected chi connectivity index (χ1v) is 9.23. The smallest absolute Gasteiger partial charge is 0.355 e. The number of nitrogens with one attached hydrogen (secondary N) is 1. The van der Waals surface area contributed by atoms with Gasteiger partial charge in [-0.15, -0.1) is 10.2 Å². The van der Waals surface area contributed by atoms with E-state index in [9.17, 15) is 18.0 Å². The van der Waals surface area contributed by atoms with Crippen LogP contribution < -0.4 is 5.32 Å². The number of thioether (sulfide) groups is 1. The molecule has 1 fully saturated rings. The van der Waals surface area contributed by atoms with Crippen LogP contribution in [-0.2, 0) is 11.0 Å². The number of fused-ring (bicyclic) bond motifs is 1. The Balaban J connectivity index is 1.58. The maximum Gasteiger partial charge on any atom is 0.417 e. The van der Waals surface area contributed by atoms with Gasteiger partial charge in [-0.05, 0) is 30.9 Å². The fourth-order valence-corrected chi connectivity index (χ4v) is 3.71. The van der Waals surface area contributed by atoms with E-state index in [0.717, 1.165) is 36.9 Å². The molecule has 1 aliphatic carbocycles. The molecule has 0 unspecified atom stereocenters. The van der Waals surface area contributed by atoms with Crippen LogP contribution in [0.2, 0.25) is 0 Å². The van der Waals surface area contributed by atoms with Crippen LogP contribution in [0.4, 0.5) is 13.2 Å². The predicted octanol–water partition coefficient (Wildman–Crippen LogP) is 3.54. The summed E-state index contributed by atoms with van der Waals surface area (Å²) in [5, 5.41) is 10.9. The summed E-state index contributed by atoms with van der Waals surface area (Å²) in [7, 11) is 0. The van der Waals surface area contributed by atoms with Crippen LogP contribution in [0, 0.1) is 5.92 Å². The molecule has 25 heavy (non-hydrogen) atoms. The number of aromatic nitrogens is 3. The Kier molecular flexibility index (Phi) is 5.51. The predicted molar refractivity (Wildman–Crippen MR) is 88.3 cm³/mol. The van der Waals surface area contributed by atoms with Crippen LogP contribution in [-0.4, -0.2) is 32.8 Å². The average Bonchev–Trinajstić information content (AvgIpc) is 3.00. The van der Waals surface area contributed by atoms with Crippen molar-refractivity contribution < 1.29 is 18.0 Å². The lowest BCUT2D eigenvalue weighted by Crippen LogP contribution is -2.31. The second kappa shape index (κ2) is 7.63. The van der Waals surface area contributed by atoms with Crippen molar-refractivity contribution >= 4 is 23.3 Å². The number of carbonyl (C=O) groups excluding carboxylic acids is 1. The van der Waals surface area contributed by atoms with Crippen molar-refractivity contribution in [3.8, 4) is 0 Å². The van der Waals surface area contributed by atoms with Crippen LogP contribution in [0.15, 0.2) is 23.5 Å². The van der Waals surface area contributed by atoms with Gasteiger partial charge < -0.3 is 5.32 Å². The van der Waals surface area contributed by atoms with E-state index in [4.69, 9.17) is 0 Å². The van der Waals surface area contributed by atoms with Crippen molar-refractivity contribution in [1.82, 2.24) is 19.9 Å². The molecule has 0 spiro atoms. The van der Waals surface area contributed by atoms with Gasteiger partial charge in [0.15, 0.2) is 10.8 Å². The number of halogens is 3. The molecule has 1 N–H and O–H groups in total. The molecule has 2 aromatic heterocycles. The highest BCUT2D eigenvalue weighted by atomic mass is 32.2. The minimum atomic E-state index is -4.43. The first kappa shape index (κ1) is 18.0. The highest BCUT2D eigenvalue weighted by molar-refractivity contribution is 7.99. The zero-order chi connectivity index (χ0) is 17.9. The van der Waals surface area contributed by atoms with Crippen molar-refractivity contribution in [3.63, 3.8) is 0 Å². The third kappa shape index (κ3) is 4.65. The minimum Gasteiger partial charge on any atom is -0.355 e. The molecule has 9 heteroatoms. The van der Waals surface area contributed by atoms with E-state index in [-0.39, 0.29) is 16.8 Å². The Morgan fingerprint density at radius 1 is 1.24 bits per heavy atom. The summed E-state index contributed by atoms with van der Waals surface area (Å²) in [6, 6.07) is 2.23. The fourth-order valence-electron chi connectivity index (χ4n) is 2.97. The summed E-state index contributed by atoms with van der Waals surface area (Å²) < 4.78 is 39.7. The molecular weight excluding hydrogens is 353 g/mol. The third-order valence-electron chi connectivity index (χ3n) is 4.34. The van der Waals surface area contributed by atoms with Gasteiger partial charge in [0.2, 0.25) is 5.91 Å². The third-order valence-corrected chi connectivity index (χ3v) is 5.29. The summed E-state index contributed by atoms with van der Waals surface area (Å²) in [6.07, 6.45) is 2.49. The van der Waals surface area contributed by atoms with Gasteiger partial charge in [0, 0.05) is 12.7 Å². The van der Waals surface area contributed by atoms with E-state index in [2.05, 4.69) is 15.5 Å². The normalized spacial score (nSPS) is 16.3. The highest BCUT2D eigenvalue weighted by Crippen LogP contribution is 2.30. The Morgan fingerprint density at radius 2 is 2.00 bits per heavy atom. The van der Waals surface area contributed by atoms with Crippen LogP contribution in [0.1, 0.15) is 37.7 Å². The van der Waals surface area contributed by atoms with Gasteiger partial charge in [-0.1, -0.05) is 31.0 Å². The van der Waals surface area contributed by atoms with Gasteiger partial charge in [-0.3, -0.25) is 9.20 Å². The molecule has 0 radical (unpaired) electrons. The van der Waals surface area contributed by atoms with E-state index >= 15 is 0 Å². The lowest BCUT2D eigenvalue weighted by Gasteiger charge is -2.21. The first-order valence-electron chi connectivity index (χ1n) is 8.25. The number of rotatable bonds is 5. The lowest BCUT2D eigenvalue weighted by molar-refractivity contribution is -0.137. The van der Waals surface area contributed by atoms with Crippen LogP contribution in [0.3, 0.4) is 0 Å². The molecule has 0 aliphatic heterocycles. The summed E-state index contributed by atoms with van der Waals surface area (Å²) in [5.74, 6) is 0.495. The molecule has 0 bridgehead atoms. The van der Waals surface area contributed by atoms with Gasteiger partial charge in [0.1, 0.15) is 0 Å². The molecule has 3 rings (SSSR count). The number of hydrogen-bond donors (Lipinski definition) is 1. The van der Waals surface area contributed by atoms with Crippen molar-refractivity contribution in [3.05, 3.63) is 23.9 Å². The molecule has 0 saturated heterocycles. The largest absolute Gasteiger partial charge is 0.417 e. The number of carbonyl (C=O) groups is 1. The van der Waals surface area contributed by atoms with E-state index in [0.29, 0.717) is 18.1 Å². The monoisotopic (exact) mass is 372 g/mol. The van der Waals surface area contributed by atoms with Crippen LogP contribution in [0.25, 0.3) is 5.65 Å². The topological polar surface area (TPSA) is 59.3 Å². The summed E-state index contributed by atoms with van der Waals surface area (Å²) in [5.41, 5.74) is -0.457. The number of nitrogens with zero attached hydrogens (tertiary/aromatic N) is 3. The molecule has 2 aromatic rings. The lowest BCUT2D eigenvalue weighted by atomic mass is 9.89. The Labute approximate surface area is 147 Å². The average molecular weight is 372 g/mol. The second-order valence-corrected chi connectivity index (χ2v) is 7.17. The SMILES string of the molecule is O=C(CSc1nnc2ccc(C(F)(F)F)cn12)NCC1CCCCC1. The van der Waals surface area contributed by atoms with E-state index in [1.807, 2.05) is 0 Å². The maximum atomic E-state index is 12.8. The highest BCUT2D eigenvalue weighted by Gasteiger charge is 2.31. The molecule has 1 amide bonds. The minimum absolute atomic E-state index is 0.101. The molecule has 1 aliphatic rings. The quantitative estimate of drug-likeness (QED) is 0.816. The standard InChI is InChI=1S/C16H19F3N4OS/c17-16(18,19)12-6-7-13-21-22-15(23(13)9-12)25-10-14(24)20-8-11-4-2-1-3-5-11/h6-7,9,11H,1-5,8,10H2,(H,20,24). The zero-order valence-electron chi connectivity index (χ0n) is 13.6. The van der Waals surface area contributed by atoms with Gasteiger partial charge >= 0.3 is 6.18 Å². The maximum absolute atomic E-state index is 12.8. The molecule has 136 valence electrons. The van der Waals surface area contributed by atoms with Gasteiger partial charge in [0.25, 0.3) is 0 Å². The Morgan fingerprint density at radius 3 is 2.72 bits per heavy atom. The number of hydrogen-bond acceptors (Lipinski definition) is 4. The first-order chi connectivity index (χ1) is 11.9. The van der Waals surface area contributed by atoms with Crippen molar-refractivity contribution in [2.24, 2.45) is 5.92 Å². The Bertz CT molecular complexity index is 741. The molecule has 0 aromatic carbocycles. The molecule has 0 atom stereocenters. The van der Waals surface area contributed by atoms with Gasteiger partial charge in [0.05, 0.1) is 11.3 Å². The van der Waals surface area contributed by atoms with Crippen molar-refractivity contribution in [1.29, 1.82) is 0 Å². The van der Waals surface area contributed by atoms with Crippen LogP contribution in [0.5, 0.6) is 0 Å². The number of amides is 1. The summed E-state index contributed by atoms with van der Waals surface area (Å²) in [4.78, 5) is 12.0. The Hall–Kier alpha value is -1.77. The van der Waals surface area contributed by atoms with Crippen molar-refractivity contribution in [2.75, 3.05) is 12.3 Å².